The van der Waals surface area contributed by atoms with Gasteiger partial charge in [0.05, 0.1) is 6.33 Å². The summed E-state index contributed by atoms with van der Waals surface area (Å²) >= 11 is 0. The minimum absolute atomic E-state index is 0.236. The van der Waals surface area contributed by atoms with Crippen molar-refractivity contribution in [1.29, 1.82) is 0 Å². The van der Waals surface area contributed by atoms with Gasteiger partial charge in [-0.2, -0.15) is 0 Å². The summed E-state index contributed by atoms with van der Waals surface area (Å²) in [5.74, 6) is -1.07. The molecule has 118 valence electrons. The van der Waals surface area contributed by atoms with Crippen molar-refractivity contribution < 1.29 is 19.4 Å². The summed E-state index contributed by atoms with van der Waals surface area (Å²) < 4.78 is 6.77. The summed E-state index contributed by atoms with van der Waals surface area (Å²) in [7, 11) is 1.49. The number of aromatic nitrogens is 2. The fraction of sp³-hybridized carbons (Fsp3) is 0.615. The Kier molecular flexibility index (Phi) is 7.88. The number of carboxylic acids is 1. The van der Waals surface area contributed by atoms with Crippen LogP contribution in [0.5, 0.6) is 0 Å². The predicted octanol–water partition coefficient (Wildman–Crippen LogP) is 0.452. The molecule has 0 radical (unpaired) electrons. The highest BCUT2D eigenvalue weighted by atomic mass is 16.5. The fourth-order valence-electron chi connectivity index (χ4n) is 1.74. The summed E-state index contributed by atoms with van der Waals surface area (Å²) in [4.78, 5) is 26.5. The third-order valence-electron chi connectivity index (χ3n) is 2.90. The Labute approximate surface area is 123 Å². The van der Waals surface area contributed by atoms with Crippen molar-refractivity contribution in [1.82, 2.24) is 20.2 Å². The number of rotatable bonds is 10. The van der Waals surface area contributed by atoms with E-state index in [1.807, 2.05) is 10.8 Å². The first-order chi connectivity index (χ1) is 10.1. The molecule has 2 amide bonds. The quantitative estimate of drug-likeness (QED) is 0.544. The van der Waals surface area contributed by atoms with Gasteiger partial charge in [0.2, 0.25) is 0 Å². The first kappa shape index (κ1) is 17.0. The highest BCUT2D eigenvalue weighted by molar-refractivity contribution is 5.82. The van der Waals surface area contributed by atoms with E-state index in [9.17, 15) is 9.59 Å². The lowest BCUT2D eigenvalue weighted by Crippen LogP contribution is -2.46. The molecule has 0 spiro atoms. The van der Waals surface area contributed by atoms with Crippen LogP contribution >= 0.6 is 0 Å². The number of hydrogen-bond acceptors (Lipinski definition) is 4. The van der Waals surface area contributed by atoms with Crippen molar-refractivity contribution in [2.75, 3.05) is 20.3 Å². The number of hydrogen-bond donors (Lipinski definition) is 3. The van der Waals surface area contributed by atoms with Gasteiger partial charge in [-0.15, -0.1) is 0 Å². The zero-order valence-corrected chi connectivity index (χ0v) is 12.1. The van der Waals surface area contributed by atoms with Crippen LogP contribution in [0, 0.1) is 0 Å². The molecule has 1 atom stereocenters. The van der Waals surface area contributed by atoms with Gasteiger partial charge in [-0.1, -0.05) is 0 Å². The van der Waals surface area contributed by atoms with Crippen molar-refractivity contribution >= 4 is 12.0 Å². The Morgan fingerprint density at radius 3 is 2.86 bits per heavy atom. The maximum Gasteiger partial charge on any atom is 0.326 e. The van der Waals surface area contributed by atoms with E-state index in [4.69, 9.17) is 9.84 Å². The average molecular weight is 298 g/mol. The van der Waals surface area contributed by atoms with Crippen LogP contribution in [0.15, 0.2) is 18.7 Å². The number of ether oxygens (including phenoxy) is 1. The van der Waals surface area contributed by atoms with Crippen LogP contribution in [0.3, 0.4) is 0 Å². The smallest absolute Gasteiger partial charge is 0.326 e. The van der Waals surface area contributed by atoms with Crippen molar-refractivity contribution in [3.8, 4) is 0 Å². The number of nitrogens with zero attached hydrogens (tertiary/aromatic N) is 2. The molecule has 21 heavy (non-hydrogen) atoms. The molecule has 0 fully saturated rings. The molecule has 0 aliphatic heterocycles. The van der Waals surface area contributed by atoms with Crippen molar-refractivity contribution in [3.63, 3.8) is 0 Å². The summed E-state index contributed by atoms with van der Waals surface area (Å²) in [6.45, 7) is 1.62. The molecule has 0 saturated heterocycles. The molecule has 1 heterocycles. The summed E-state index contributed by atoms with van der Waals surface area (Å²) in [6, 6.07) is -1.41. The molecule has 1 unspecified atom stereocenters. The SMILES string of the molecule is COCCC(NC(=O)NCCCCn1ccnc1)C(=O)O. The van der Waals surface area contributed by atoms with Crippen LogP contribution in [0.1, 0.15) is 19.3 Å². The van der Waals surface area contributed by atoms with Crippen LogP contribution in [-0.4, -0.2) is 53.0 Å². The first-order valence-electron chi connectivity index (χ1n) is 6.85. The van der Waals surface area contributed by atoms with Gasteiger partial charge in [-0.25, -0.2) is 14.6 Å². The lowest BCUT2D eigenvalue weighted by atomic mass is 10.2. The molecular formula is C13H22N4O4. The minimum atomic E-state index is -1.07. The minimum Gasteiger partial charge on any atom is -0.480 e. The Bertz CT molecular complexity index is 422. The number of carbonyl (C=O) groups excluding carboxylic acids is 1. The molecule has 0 aliphatic rings. The first-order valence-corrected chi connectivity index (χ1v) is 6.85. The number of nitrogens with one attached hydrogen (secondary N) is 2. The number of urea groups is 1. The topological polar surface area (TPSA) is 105 Å². The molecule has 0 saturated carbocycles. The number of aliphatic carboxylic acids is 1. The van der Waals surface area contributed by atoms with E-state index in [2.05, 4.69) is 15.6 Å². The highest BCUT2D eigenvalue weighted by Crippen LogP contribution is 1.95. The second kappa shape index (κ2) is 9.76. The standard InChI is InChI=1S/C13H22N4O4/c1-21-9-4-11(12(18)19)16-13(20)15-5-2-3-7-17-8-6-14-10-17/h6,8,10-11H,2-5,7,9H2,1H3,(H,18,19)(H2,15,16,20). The number of methoxy groups -OCH3 is 1. The van der Waals surface area contributed by atoms with Gasteiger partial charge in [0, 0.05) is 45.6 Å². The monoisotopic (exact) mass is 298 g/mol. The third kappa shape index (κ3) is 7.31. The second-order valence-electron chi connectivity index (χ2n) is 4.58. The van der Waals surface area contributed by atoms with Crippen LogP contribution in [0.4, 0.5) is 4.79 Å². The van der Waals surface area contributed by atoms with Crippen LogP contribution < -0.4 is 10.6 Å². The Morgan fingerprint density at radius 2 is 2.24 bits per heavy atom. The largest absolute Gasteiger partial charge is 0.480 e. The molecular weight excluding hydrogens is 276 g/mol. The lowest BCUT2D eigenvalue weighted by Gasteiger charge is -2.14. The molecule has 3 N–H and O–H groups in total. The third-order valence-corrected chi connectivity index (χ3v) is 2.90. The van der Waals surface area contributed by atoms with Gasteiger partial charge in [0.15, 0.2) is 0 Å². The summed E-state index contributed by atoms with van der Waals surface area (Å²) in [6.07, 6.45) is 7.29. The number of carboxylic acid groups (broad SMARTS) is 1. The maximum absolute atomic E-state index is 11.6. The van der Waals surface area contributed by atoms with E-state index in [1.165, 1.54) is 7.11 Å². The number of amides is 2. The van der Waals surface area contributed by atoms with E-state index in [1.54, 1.807) is 12.5 Å². The molecule has 0 aliphatic carbocycles. The van der Waals surface area contributed by atoms with Crippen molar-refractivity contribution in [2.45, 2.75) is 31.8 Å². The van der Waals surface area contributed by atoms with E-state index in [0.717, 1.165) is 19.4 Å². The molecule has 0 bridgehead atoms. The summed E-state index contributed by atoms with van der Waals surface area (Å²) in [5.41, 5.74) is 0. The zero-order chi connectivity index (χ0) is 15.5. The van der Waals surface area contributed by atoms with Crippen LogP contribution in [0.25, 0.3) is 0 Å². The van der Waals surface area contributed by atoms with Crippen molar-refractivity contribution in [2.24, 2.45) is 0 Å². The van der Waals surface area contributed by atoms with Gasteiger partial charge in [0.1, 0.15) is 6.04 Å². The number of carbonyl (C=O) groups is 2. The Balaban J connectivity index is 2.12. The molecule has 8 nitrogen and oxygen atoms in total. The maximum atomic E-state index is 11.6. The van der Waals surface area contributed by atoms with Crippen molar-refractivity contribution in [3.05, 3.63) is 18.7 Å². The number of aryl methyl sites for hydroxylation is 1. The van der Waals surface area contributed by atoms with Gasteiger partial charge in [-0.05, 0) is 12.8 Å². The number of imidazole rings is 1. The van der Waals surface area contributed by atoms with Gasteiger partial charge in [0.25, 0.3) is 0 Å². The Morgan fingerprint density at radius 1 is 1.43 bits per heavy atom. The Hall–Kier alpha value is -2.09. The molecule has 0 aromatic carbocycles. The molecule has 1 aromatic heterocycles. The van der Waals surface area contributed by atoms with Crippen LogP contribution in [-0.2, 0) is 16.1 Å². The lowest BCUT2D eigenvalue weighted by molar-refractivity contribution is -0.139. The van der Waals surface area contributed by atoms with E-state index >= 15 is 0 Å². The van der Waals surface area contributed by atoms with Gasteiger partial charge in [-0.3, -0.25) is 0 Å². The second-order valence-corrected chi connectivity index (χ2v) is 4.58. The van der Waals surface area contributed by atoms with Gasteiger partial charge >= 0.3 is 12.0 Å². The fourth-order valence-corrected chi connectivity index (χ4v) is 1.74. The van der Waals surface area contributed by atoms with E-state index in [-0.39, 0.29) is 13.0 Å². The predicted molar refractivity (Wildman–Crippen MR) is 75.9 cm³/mol. The zero-order valence-electron chi connectivity index (χ0n) is 12.1. The van der Waals surface area contributed by atoms with E-state index < -0.39 is 18.0 Å². The van der Waals surface area contributed by atoms with Crippen LogP contribution in [0.2, 0.25) is 0 Å². The molecule has 1 rings (SSSR count). The average Bonchev–Trinajstić information content (AvgIpc) is 2.96. The highest BCUT2D eigenvalue weighted by Gasteiger charge is 2.18. The normalized spacial score (nSPS) is 11.9. The summed E-state index contributed by atoms with van der Waals surface area (Å²) in [5, 5.41) is 14.0. The number of unbranched alkanes of at least 4 members (excludes halogenated alkanes) is 1. The molecule has 1 aromatic rings. The molecule has 8 heteroatoms. The van der Waals surface area contributed by atoms with Gasteiger partial charge < -0.3 is 25.0 Å². The van der Waals surface area contributed by atoms with E-state index in [0.29, 0.717) is 6.54 Å².